The fourth-order valence-corrected chi connectivity index (χ4v) is 1.66. The molecule has 0 aliphatic rings. The Hall–Kier alpha value is -1.09. The maximum Gasteiger partial charge on any atom is 0.0740 e. The van der Waals surface area contributed by atoms with E-state index in [0.717, 1.165) is 15.9 Å². The van der Waals surface area contributed by atoms with E-state index in [0.29, 0.717) is 0 Å². The fourth-order valence-electron chi connectivity index (χ4n) is 1.38. The van der Waals surface area contributed by atoms with Gasteiger partial charge in [-0.3, -0.25) is 0 Å². The maximum atomic E-state index is 4.41. The second kappa shape index (κ2) is 3.58. The highest BCUT2D eigenvalue weighted by Gasteiger charge is 2.04. The smallest absolute Gasteiger partial charge is 0.0740 e. The Morgan fingerprint density at radius 1 is 1.21 bits per heavy atom. The van der Waals surface area contributed by atoms with Crippen molar-refractivity contribution in [2.75, 3.05) is 0 Å². The lowest BCUT2D eigenvalue weighted by molar-refractivity contribution is 0.856. The van der Waals surface area contributed by atoms with Crippen LogP contribution in [0.2, 0.25) is 0 Å². The zero-order chi connectivity index (χ0) is 10.1. The molecule has 2 aromatic rings. The van der Waals surface area contributed by atoms with Gasteiger partial charge in [0.25, 0.3) is 0 Å². The van der Waals surface area contributed by atoms with Gasteiger partial charge in [0.15, 0.2) is 0 Å². The van der Waals surface area contributed by atoms with Crippen molar-refractivity contribution in [1.29, 1.82) is 0 Å². The molecule has 0 unspecified atom stereocenters. The predicted octanol–water partition coefficient (Wildman–Crippen LogP) is 3.25. The number of aryl methyl sites for hydroxylation is 2. The first-order valence-electron chi connectivity index (χ1n) is 4.46. The summed E-state index contributed by atoms with van der Waals surface area (Å²) in [6, 6.07) is 8.20. The Kier molecular flexibility index (Phi) is 2.42. The third-order valence-corrected chi connectivity index (χ3v) is 2.98. The lowest BCUT2D eigenvalue weighted by Gasteiger charge is -2.03. The molecule has 1 heterocycles. The summed E-state index contributed by atoms with van der Waals surface area (Å²) in [5.41, 5.74) is 3.36. The molecular formula is C11H11BrN2. The topological polar surface area (TPSA) is 17.8 Å². The zero-order valence-electron chi connectivity index (χ0n) is 8.16. The largest absolute Gasteiger partial charge is 0.239 e. The summed E-state index contributed by atoms with van der Waals surface area (Å²) in [5, 5.41) is 4.41. The quantitative estimate of drug-likeness (QED) is 0.760. The van der Waals surface area contributed by atoms with Crippen LogP contribution in [0.15, 0.2) is 34.9 Å². The highest BCUT2D eigenvalue weighted by Crippen LogP contribution is 2.18. The van der Waals surface area contributed by atoms with Gasteiger partial charge in [0.1, 0.15) is 0 Å². The standard InChI is InChI=1S/C11H11BrN2/c1-8-5-3-4-6-11(8)14-7-10(12)9(2)13-14/h3-7H,1-2H3. The van der Waals surface area contributed by atoms with Gasteiger partial charge < -0.3 is 0 Å². The van der Waals surface area contributed by atoms with Crippen LogP contribution >= 0.6 is 15.9 Å². The Morgan fingerprint density at radius 3 is 2.50 bits per heavy atom. The Labute approximate surface area is 91.7 Å². The van der Waals surface area contributed by atoms with Crippen molar-refractivity contribution >= 4 is 15.9 Å². The first kappa shape index (κ1) is 9.46. The number of para-hydroxylation sites is 1. The lowest BCUT2D eigenvalue weighted by Crippen LogP contribution is -1.97. The van der Waals surface area contributed by atoms with Crippen molar-refractivity contribution in [3.63, 3.8) is 0 Å². The molecule has 0 bridgehead atoms. The van der Waals surface area contributed by atoms with E-state index in [2.05, 4.69) is 40.1 Å². The molecule has 1 aromatic carbocycles. The molecule has 0 aliphatic carbocycles. The Bertz CT molecular complexity index is 441. The number of aromatic nitrogens is 2. The van der Waals surface area contributed by atoms with Gasteiger partial charge in [-0.2, -0.15) is 5.10 Å². The number of hydrogen-bond donors (Lipinski definition) is 0. The minimum atomic E-state index is 1.01. The van der Waals surface area contributed by atoms with Gasteiger partial charge in [0.05, 0.1) is 15.9 Å². The van der Waals surface area contributed by atoms with Crippen molar-refractivity contribution < 1.29 is 0 Å². The third-order valence-electron chi connectivity index (χ3n) is 2.20. The molecule has 72 valence electrons. The van der Waals surface area contributed by atoms with Gasteiger partial charge in [-0.25, -0.2) is 4.68 Å². The molecule has 0 amide bonds. The zero-order valence-corrected chi connectivity index (χ0v) is 9.75. The van der Waals surface area contributed by atoms with E-state index in [-0.39, 0.29) is 0 Å². The molecule has 1 aromatic heterocycles. The predicted molar refractivity (Wildman–Crippen MR) is 60.7 cm³/mol. The highest BCUT2D eigenvalue weighted by atomic mass is 79.9. The summed E-state index contributed by atoms with van der Waals surface area (Å²) in [7, 11) is 0. The first-order valence-corrected chi connectivity index (χ1v) is 5.25. The average Bonchev–Trinajstić information content (AvgIpc) is 2.48. The van der Waals surface area contributed by atoms with Crippen molar-refractivity contribution in [3.8, 4) is 5.69 Å². The molecule has 3 heteroatoms. The number of rotatable bonds is 1. The average molecular weight is 251 g/mol. The van der Waals surface area contributed by atoms with Crippen LogP contribution < -0.4 is 0 Å². The minimum Gasteiger partial charge on any atom is -0.239 e. The van der Waals surface area contributed by atoms with Crippen molar-refractivity contribution in [1.82, 2.24) is 9.78 Å². The summed E-state index contributed by atoms with van der Waals surface area (Å²) in [6.45, 7) is 4.07. The fraction of sp³-hybridized carbons (Fsp3) is 0.182. The van der Waals surface area contributed by atoms with E-state index in [4.69, 9.17) is 0 Å². The van der Waals surface area contributed by atoms with Crippen LogP contribution in [0.3, 0.4) is 0 Å². The number of hydrogen-bond acceptors (Lipinski definition) is 1. The summed E-state index contributed by atoms with van der Waals surface area (Å²) < 4.78 is 2.94. The maximum absolute atomic E-state index is 4.41. The molecule has 0 saturated heterocycles. The van der Waals surface area contributed by atoms with E-state index in [1.165, 1.54) is 5.56 Å². The first-order chi connectivity index (χ1) is 6.68. The number of benzene rings is 1. The molecule has 0 aliphatic heterocycles. The van der Waals surface area contributed by atoms with Crippen LogP contribution in [0.1, 0.15) is 11.3 Å². The van der Waals surface area contributed by atoms with Crippen LogP contribution in [0.5, 0.6) is 0 Å². The van der Waals surface area contributed by atoms with Crippen molar-refractivity contribution in [3.05, 3.63) is 46.2 Å². The van der Waals surface area contributed by atoms with Gasteiger partial charge in [-0.05, 0) is 41.4 Å². The minimum absolute atomic E-state index is 1.01. The van der Waals surface area contributed by atoms with Gasteiger partial charge in [-0.15, -0.1) is 0 Å². The van der Waals surface area contributed by atoms with Crippen molar-refractivity contribution in [2.45, 2.75) is 13.8 Å². The normalized spacial score (nSPS) is 10.5. The lowest BCUT2D eigenvalue weighted by atomic mass is 10.2. The molecule has 0 N–H and O–H groups in total. The van der Waals surface area contributed by atoms with Gasteiger partial charge >= 0.3 is 0 Å². The van der Waals surface area contributed by atoms with Crippen molar-refractivity contribution in [2.24, 2.45) is 0 Å². The SMILES string of the molecule is Cc1ccccc1-n1cc(Br)c(C)n1. The summed E-state index contributed by atoms with van der Waals surface area (Å²) >= 11 is 3.45. The van der Waals surface area contributed by atoms with Crippen LogP contribution in [0.4, 0.5) is 0 Å². The van der Waals surface area contributed by atoms with E-state index in [1.54, 1.807) is 0 Å². The molecule has 0 spiro atoms. The molecule has 2 rings (SSSR count). The second-order valence-electron chi connectivity index (χ2n) is 3.29. The Morgan fingerprint density at radius 2 is 1.93 bits per heavy atom. The molecular weight excluding hydrogens is 240 g/mol. The number of halogens is 1. The van der Waals surface area contributed by atoms with E-state index in [9.17, 15) is 0 Å². The van der Waals surface area contributed by atoms with E-state index < -0.39 is 0 Å². The highest BCUT2D eigenvalue weighted by molar-refractivity contribution is 9.10. The van der Waals surface area contributed by atoms with Gasteiger partial charge in [0, 0.05) is 6.20 Å². The molecule has 0 radical (unpaired) electrons. The van der Waals surface area contributed by atoms with Gasteiger partial charge in [-0.1, -0.05) is 18.2 Å². The monoisotopic (exact) mass is 250 g/mol. The van der Waals surface area contributed by atoms with Crippen LogP contribution in [-0.4, -0.2) is 9.78 Å². The van der Waals surface area contributed by atoms with Crippen LogP contribution in [0.25, 0.3) is 5.69 Å². The number of nitrogens with zero attached hydrogens (tertiary/aromatic N) is 2. The van der Waals surface area contributed by atoms with E-state index >= 15 is 0 Å². The Balaban J connectivity index is 2.55. The molecule has 2 nitrogen and oxygen atoms in total. The third kappa shape index (κ3) is 1.60. The second-order valence-corrected chi connectivity index (χ2v) is 4.15. The van der Waals surface area contributed by atoms with Crippen LogP contribution in [0, 0.1) is 13.8 Å². The summed E-state index contributed by atoms with van der Waals surface area (Å²) in [6.07, 6.45) is 1.98. The molecule has 14 heavy (non-hydrogen) atoms. The molecule has 0 atom stereocenters. The summed E-state index contributed by atoms with van der Waals surface area (Å²) in [4.78, 5) is 0. The summed E-state index contributed by atoms with van der Waals surface area (Å²) in [5.74, 6) is 0. The van der Waals surface area contributed by atoms with Gasteiger partial charge in [0.2, 0.25) is 0 Å². The molecule has 0 fully saturated rings. The van der Waals surface area contributed by atoms with Crippen LogP contribution in [-0.2, 0) is 0 Å². The molecule has 0 saturated carbocycles. The van der Waals surface area contributed by atoms with E-state index in [1.807, 2.05) is 29.9 Å².